The standard InChI is InChI=1S/C34H46N6O6S/c1-23(2)21-40(47(45,46)27-15-13-26(35)14-16-27)22-29(41)28(18-24-10-7-6-8-11-24)38-33(44)31(34(3,4)5)39-30(42)20-37-32(43)25-12-9-17-36-19-25/h6-17,19,23,28-29,31,41H,18,20-22,35H2,1-5H3,(H,37,43)(H,38,44)(H,39,42)/t28-,29+,31+/m0/s1. The van der Waals surface area contributed by atoms with Gasteiger partial charge < -0.3 is 26.8 Å². The lowest BCUT2D eigenvalue weighted by Gasteiger charge is -2.34. The van der Waals surface area contributed by atoms with Crippen LogP contribution in [0.2, 0.25) is 0 Å². The van der Waals surface area contributed by atoms with E-state index in [9.17, 15) is 27.9 Å². The fraction of sp³-hybridized carbons (Fsp3) is 0.412. The Hall–Kier alpha value is -4.33. The zero-order chi connectivity index (χ0) is 34.8. The highest BCUT2D eigenvalue weighted by Gasteiger charge is 2.36. The second-order valence-corrected chi connectivity index (χ2v) is 14.9. The Morgan fingerprint density at radius 2 is 1.60 bits per heavy atom. The van der Waals surface area contributed by atoms with Crippen molar-refractivity contribution in [3.63, 3.8) is 0 Å². The SMILES string of the molecule is CC(C)CN(C[C@@H](O)[C@H](Cc1ccccc1)NC(=O)[C@@H](NC(=O)CNC(=O)c1cccnc1)C(C)(C)C)S(=O)(=O)c1ccc(N)cc1. The van der Waals surface area contributed by atoms with Gasteiger partial charge in [0, 0.05) is 31.2 Å². The molecule has 0 aliphatic heterocycles. The number of hydrogen-bond acceptors (Lipinski definition) is 8. The number of sulfonamides is 1. The highest BCUT2D eigenvalue weighted by Crippen LogP contribution is 2.22. The second kappa shape index (κ2) is 16.5. The number of nitrogens with two attached hydrogens (primary N) is 1. The fourth-order valence-corrected chi connectivity index (χ4v) is 6.49. The van der Waals surface area contributed by atoms with Crippen LogP contribution in [0.1, 0.15) is 50.5 Å². The van der Waals surface area contributed by atoms with E-state index in [1.807, 2.05) is 44.2 Å². The van der Waals surface area contributed by atoms with Crippen molar-refractivity contribution in [2.75, 3.05) is 25.4 Å². The van der Waals surface area contributed by atoms with Crippen molar-refractivity contribution < 1.29 is 27.9 Å². The first-order valence-corrected chi connectivity index (χ1v) is 16.9. The van der Waals surface area contributed by atoms with Gasteiger partial charge in [0.25, 0.3) is 5.91 Å². The molecule has 0 aliphatic carbocycles. The maximum absolute atomic E-state index is 13.8. The number of nitrogen functional groups attached to an aromatic ring is 1. The number of aliphatic hydroxyl groups is 1. The van der Waals surface area contributed by atoms with Gasteiger partial charge in [0.05, 0.1) is 29.1 Å². The number of nitrogens with zero attached hydrogens (tertiary/aromatic N) is 2. The molecule has 0 aliphatic rings. The lowest BCUT2D eigenvalue weighted by molar-refractivity contribution is -0.132. The molecular weight excluding hydrogens is 620 g/mol. The minimum absolute atomic E-state index is 0.0364. The zero-order valence-electron chi connectivity index (χ0n) is 27.5. The Bertz CT molecular complexity index is 1580. The number of carbonyl (C=O) groups is 3. The lowest BCUT2D eigenvalue weighted by Crippen LogP contribution is -2.59. The van der Waals surface area contributed by atoms with E-state index in [1.165, 1.54) is 41.0 Å². The van der Waals surface area contributed by atoms with Crippen LogP contribution in [0.3, 0.4) is 0 Å². The number of benzene rings is 2. The molecule has 3 amide bonds. The van der Waals surface area contributed by atoms with Crippen molar-refractivity contribution in [2.45, 2.75) is 64.1 Å². The number of anilines is 1. The quantitative estimate of drug-likeness (QED) is 0.153. The highest BCUT2D eigenvalue weighted by atomic mass is 32.2. The number of aliphatic hydroxyl groups excluding tert-OH is 1. The van der Waals surface area contributed by atoms with Gasteiger partial charge in [-0.2, -0.15) is 4.31 Å². The molecule has 0 unspecified atom stereocenters. The van der Waals surface area contributed by atoms with Crippen molar-refractivity contribution in [3.8, 4) is 0 Å². The van der Waals surface area contributed by atoms with Gasteiger partial charge in [-0.15, -0.1) is 0 Å². The Kier molecular flexibility index (Phi) is 13.0. The number of nitrogens with one attached hydrogen (secondary N) is 3. The van der Waals surface area contributed by atoms with Gasteiger partial charge in [0.15, 0.2) is 0 Å². The Morgan fingerprint density at radius 1 is 0.936 bits per heavy atom. The number of rotatable bonds is 15. The highest BCUT2D eigenvalue weighted by molar-refractivity contribution is 7.89. The predicted molar refractivity (Wildman–Crippen MR) is 180 cm³/mol. The third-order valence-electron chi connectivity index (χ3n) is 7.33. The molecule has 0 saturated carbocycles. The molecule has 12 nitrogen and oxygen atoms in total. The number of amides is 3. The van der Waals surface area contributed by atoms with E-state index in [0.29, 0.717) is 5.69 Å². The lowest BCUT2D eigenvalue weighted by atomic mass is 9.85. The monoisotopic (exact) mass is 666 g/mol. The molecule has 1 heterocycles. The Balaban J connectivity index is 1.82. The van der Waals surface area contributed by atoms with Gasteiger partial charge in [0.1, 0.15) is 6.04 Å². The molecule has 0 radical (unpaired) electrons. The summed E-state index contributed by atoms with van der Waals surface area (Å²) in [5.41, 5.74) is 6.52. The molecule has 254 valence electrons. The number of carbonyl (C=O) groups excluding carboxylic acids is 3. The molecule has 3 aromatic rings. The normalized spacial score (nSPS) is 13.9. The molecule has 13 heteroatoms. The van der Waals surface area contributed by atoms with Crippen LogP contribution >= 0.6 is 0 Å². The smallest absolute Gasteiger partial charge is 0.253 e. The van der Waals surface area contributed by atoms with E-state index in [4.69, 9.17) is 5.73 Å². The average Bonchev–Trinajstić information content (AvgIpc) is 3.02. The van der Waals surface area contributed by atoms with Gasteiger partial charge in [0.2, 0.25) is 21.8 Å². The first-order chi connectivity index (χ1) is 22.1. The third kappa shape index (κ3) is 11.2. The maximum Gasteiger partial charge on any atom is 0.253 e. The van der Waals surface area contributed by atoms with Crippen molar-refractivity contribution >= 4 is 33.4 Å². The summed E-state index contributed by atoms with van der Waals surface area (Å²) in [5, 5.41) is 19.7. The van der Waals surface area contributed by atoms with Crippen LogP contribution < -0.4 is 21.7 Å². The molecule has 0 fully saturated rings. The predicted octanol–water partition coefficient (Wildman–Crippen LogP) is 2.36. The Labute approximate surface area is 277 Å². The first-order valence-electron chi connectivity index (χ1n) is 15.4. The molecule has 0 spiro atoms. The number of aromatic nitrogens is 1. The summed E-state index contributed by atoms with van der Waals surface area (Å²) in [7, 11) is -4.02. The van der Waals surface area contributed by atoms with Gasteiger partial charge in [-0.25, -0.2) is 8.42 Å². The molecule has 0 bridgehead atoms. The van der Waals surface area contributed by atoms with Crippen LogP contribution in [0.25, 0.3) is 0 Å². The van der Waals surface area contributed by atoms with E-state index in [1.54, 1.807) is 32.9 Å². The number of hydrogen-bond donors (Lipinski definition) is 5. The summed E-state index contributed by atoms with van der Waals surface area (Å²) < 4.78 is 28.6. The summed E-state index contributed by atoms with van der Waals surface area (Å²) in [6.07, 6.45) is 1.77. The van der Waals surface area contributed by atoms with Crippen LogP contribution in [0.15, 0.2) is 84.0 Å². The third-order valence-corrected chi connectivity index (χ3v) is 9.18. The minimum Gasteiger partial charge on any atom is -0.399 e. The summed E-state index contributed by atoms with van der Waals surface area (Å²) in [5.74, 6) is -1.71. The van der Waals surface area contributed by atoms with Gasteiger partial charge >= 0.3 is 0 Å². The molecular formula is C34H46N6O6S. The summed E-state index contributed by atoms with van der Waals surface area (Å²) in [6, 6.07) is 16.2. The number of pyridine rings is 1. The minimum atomic E-state index is -4.02. The molecule has 0 saturated heterocycles. The zero-order valence-corrected chi connectivity index (χ0v) is 28.3. The van der Waals surface area contributed by atoms with E-state index < -0.39 is 51.3 Å². The first kappa shape index (κ1) is 37.1. The van der Waals surface area contributed by atoms with E-state index in [-0.39, 0.29) is 42.4 Å². The molecule has 1 aromatic heterocycles. The van der Waals surface area contributed by atoms with Crippen molar-refractivity contribution in [2.24, 2.45) is 11.3 Å². The van der Waals surface area contributed by atoms with Crippen LogP contribution in [0.5, 0.6) is 0 Å². The van der Waals surface area contributed by atoms with Crippen molar-refractivity contribution in [1.82, 2.24) is 25.2 Å². The summed E-state index contributed by atoms with van der Waals surface area (Å²) in [4.78, 5) is 43.1. The van der Waals surface area contributed by atoms with Gasteiger partial charge in [-0.05, 0) is 59.7 Å². The largest absolute Gasteiger partial charge is 0.399 e. The summed E-state index contributed by atoms with van der Waals surface area (Å²) in [6.45, 7) is 8.52. The molecule has 6 N–H and O–H groups in total. The molecule has 2 aromatic carbocycles. The van der Waals surface area contributed by atoms with E-state index in [2.05, 4.69) is 20.9 Å². The van der Waals surface area contributed by atoms with Crippen LogP contribution in [0.4, 0.5) is 5.69 Å². The molecule has 3 rings (SSSR count). The van der Waals surface area contributed by atoms with Crippen molar-refractivity contribution in [3.05, 3.63) is 90.3 Å². The van der Waals surface area contributed by atoms with Gasteiger partial charge in [-0.1, -0.05) is 65.0 Å². The second-order valence-electron chi connectivity index (χ2n) is 12.9. The van der Waals surface area contributed by atoms with Crippen LogP contribution in [0, 0.1) is 11.3 Å². The van der Waals surface area contributed by atoms with E-state index in [0.717, 1.165) is 5.56 Å². The van der Waals surface area contributed by atoms with Crippen LogP contribution in [-0.2, 0) is 26.0 Å². The Morgan fingerprint density at radius 3 is 2.17 bits per heavy atom. The molecule has 3 atom stereocenters. The fourth-order valence-electron chi connectivity index (χ4n) is 4.87. The average molecular weight is 667 g/mol. The topological polar surface area (TPSA) is 184 Å². The molecule has 47 heavy (non-hydrogen) atoms. The van der Waals surface area contributed by atoms with Crippen molar-refractivity contribution in [1.29, 1.82) is 0 Å². The van der Waals surface area contributed by atoms with Crippen LogP contribution in [-0.4, -0.2) is 78.4 Å². The summed E-state index contributed by atoms with van der Waals surface area (Å²) >= 11 is 0. The van der Waals surface area contributed by atoms with Gasteiger partial charge in [-0.3, -0.25) is 19.4 Å². The van der Waals surface area contributed by atoms with E-state index >= 15 is 0 Å². The maximum atomic E-state index is 13.8.